The zero-order valence-corrected chi connectivity index (χ0v) is 12.9. The van der Waals surface area contributed by atoms with Crippen LogP contribution in [0.4, 0.5) is 0 Å². The number of rotatable bonds is 8. The van der Waals surface area contributed by atoms with Crippen molar-refractivity contribution in [2.75, 3.05) is 26.7 Å². The maximum Gasteiger partial charge on any atom is 0.0702 e. The number of nitrogens with zero attached hydrogens (tertiary/aromatic N) is 1. The van der Waals surface area contributed by atoms with E-state index in [0.29, 0.717) is 18.2 Å². The summed E-state index contributed by atoms with van der Waals surface area (Å²) in [5.41, 5.74) is 0. The summed E-state index contributed by atoms with van der Waals surface area (Å²) in [4.78, 5) is 2.44. The minimum absolute atomic E-state index is 0.397. The van der Waals surface area contributed by atoms with Gasteiger partial charge in [-0.3, -0.25) is 4.90 Å². The molecule has 1 N–H and O–H groups in total. The van der Waals surface area contributed by atoms with Crippen LogP contribution in [0.2, 0.25) is 0 Å². The third-order valence-corrected chi connectivity index (χ3v) is 4.04. The second-order valence-electron chi connectivity index (χ2n) is 6.24. The number of ether oxygens (including phenoxy) is 1. The van der Waals surface area contributed by atoms with Crippen molar-refractivity contribution in [3.05, 3.63) is 0 Å². The van der Waals surface area contributed by atoms with Gasteiger partial charge in [0.05, 0.1) is 6.10 Å². The molecule has 3 unspecified atom stereocenters. The van der Waals surface area contributed by atoms with E-state index in [-0.39, 0.29) is 0 Å². The highest BCUT2D eigenvalue weighted by atomic mass is 16.5. The van der Waals surface area contributed by atoms with Gasteiger partial charge in [0.15, 0.2) is 0 Å². The van der Waals surface area contributed by atoms with Gasteiger partial charge in [0.2, 0.25) is 0 Å². The highest BCUT2D eigenvalue weighted by Gasteiger charge is 2.27. The third-order valence-electron chi connectivity index (χ3n) is 4.04. The Kier molecular flexibility index (Phi) is 7.20. The summed E-state index contributed by atoms with van der Waals surface area (Å²) in [6.07, 6.45) is 4.18. The van der Waals surface area contributed by atoms with Gasteiger partial charge in [-0.15, -0.1) is 0 Å². The summed E-state index contributed by atoms with van der Waals surface area (Å²) in [7, 11) is 2.22. The number of hydrogen-bond donors (Lipinski definition) is 1. The molecule has 1 rings (SSSR count). The van der Waals surface area contributed by atoms with Gasteiger partial charge in [0.25, 0.3) is 0 Å². The first kappa shape index (κ1) is 15.9. The molecule has 1 aliphatic heterocycles. The van der Waals surface area contributed by atoms with Crippen molar-refractivity contribution in [1.29, 1.82) is 0 Å². The molecule has 0 radical (unpaired) electrons. The van der Waals surface area contributed by atoms with Crippen LogP contribution in [-0.4, -0.2) is 49.8 Å². The van der Waals surface area contributed by atoms with Gasteiger partial charge in [-0.2, -0.15) is 0 Å². The molecule has 18 heavy (non-hydrogen) atoms. The van der Waals surface area contributed by atoms with Crippen molar-refractivity contribution in [1.82, 2.24) is 10.2 Å². The molecule has 0 aromatic rings. The molecule has 1 aliphatic rings. The first-order chi connectivity index (χ1) is 8.50. The van der Waals surface area contributed by atoms with Crippen LogP contribution < -0.4 is 5.32 Å². The lowest BCUT2D eigenvalue weighted by atomic mass is 10.0. The largest absolute Gasteiger partial charge is 0.377 e. The smallest absolute Gasteiger partial charge is 0.0702 e. The zero-order valence-electron chi connectivity index (χ0n) is 12.9. The lowest BCUT2D eigenvalue weighted by Crippen LogP contribution is -2.42. The van der Waals surface area contributed by atoms with E-state index < -0.39 is 0 Å². The standard InChI is InChI=1S/C15H32N2O/c1-12(2)6-7-13(3)16-9-10-17(5)15-8-11-18-14(15)4/h12-16H,6-11H2,1-5H3. The fourth-order valence-corrected chi connectivity index (χ4v) is 2.64. The van der Waals surface area contributed by atoms with Crippen molar-refractivity contribution in [3.63, 3.8) is 0 Å². The van der Waals surface area contributed by atoms with Crippen molar-refractivity contribution >= 4 is 0 Å². The Bertz CT molecular complexity index is 221. The van der Waals surface area contributed by atoms with E-state index in [1.807, 2.05) is 0 Å². The number of nitrogens with one attached hydrogen (secondary N) is 1. The van der Waals surface area contributed by atoms with Crippen LogP contribution in [0.15, 0.2) is 0 Å². The Balaban J connectivity index is 2.09. The molecule has 0 bridgehead atoms. The van der Waals surface area contributed by atoms with Gasteiger partial charge < -0.3 is 10.1 Å². The van der Waals surface area contributed by atoms with Gasteiger partial charge in [0, 0.05) is 31.8 Å². The van der Waals surface area contributed by atoms with Crippen LogP contribution in [-0.2, 0) is 4.74 Å². The first-order valence-corrected chi connectivity index (χ1v) is 7.56. The Morgan fingerprint density at radius 3 is 2.56 bits per heavy atom. The van der Waals surface area contributed by atoms with E-state index in [2.05, 4.69) is 45.0 Å². The Hall–Kier alpha value is -0.120. The molecule has 0 aromatic heterocycles. The quantitative estimate of drug-likeness (QED) is 0.722. The van der Waals surface area contributed by atoms with Crippen LogP contribution in [0.5, 0.6) is 0 Å². The van der Waals surface area contributed by atoms with E-state index in [0.717, 1.165) is 25.6 Å². The highest BCUT2D eigenvalue weighted by Crippen LogP contribution is 2.17. The topological polar surface area (TPSA) is 24.5 Å². The van der Waals surface area contributed by atoms with Crippen LogP contribution >= 0.6 is 0 Å². The second-order valence-corrected chi connectivity index (χ2v) is 6.24. The average molecular weight is 256 g/mol. The lowest BCUT2D eigenvalue weighted by Gasteiger charge is -2.27. The second kappa shape index (κ2) is 8.13. The molecular formula is C15H32N2O. The molecule has 0 aromatic carbocycles. The summed E-state index contributed by atoms with van der Waals surface area (Å²) < 4.78 is 5.62. The molecule has 3 heteroatoms. The summed E-state index contributed by atoms with van der Waals surface area (Å²) in [6.45, 7) is 12.2. The highest BCUT2D eigenvalue weighted by molar-refractivity contribution is 4.80. The third kappa shape index (κ3) is 5.68. The van der Waals surface area contributed by atoms with Crippen LogP contribution in [0.3, 0.4) is 0 Å². The molecule has 3 nitrogen and oxygen atoms in total. The van der Waals surface area contributed by atoms with E-state index in [9.17, 15) is 0 Å². The summed E-state index contributed by atoms with van der Waals surface area (Å²) >= 11 is 0. The fourth-order valence-electron chi connectivity index (χ4n) is 2.64. The Morgan fingerprint density at radius 2 is 2.00 bits per heavy atom. The van der Waals surface area contributed by atoms with Crippen molar-refractivity contribution in [3.8, 4) is 0 Å². The van der Waals surface area contributed by atoms with Crippen LogP contribution in [0, 0.1) is 5.92 Å². The summed E-state index contributed by atoms with van der Waals surface area (Å²) in [6, 6.07) is 1.25. The SMILES string of the molecule is CC(C)CCC(C)NCCN(C)C1CCOC1C. The number of likely N-dealkylation sites (N-methyl/N-ethyl adjacent to an activating group) is 1. The maximum atomic E-state index is 5.62. The Labute approximate surface area is 113 Å². The molecule has 0 amide bonds. The zero-order chi connectivity index (χ0) is 13.5. The van der Waals surface area contributed by atoms with Gasteiger partial charge in [0.1, 0.15) is 0 Å². The fraction of sp³-hybridized carbons (Fsp3) is 1.00. The molecule has 3 atom stereocenters. The normalized spacial score (nSPS) is 26.2. The molecule has 0 saturated carbocycles. The molecule has 1 saturated heterocycles. The Morgan fingerprint density at radius 1 is 1.28 bits per heavy atom. The maximum absolute atomic E-state index is 5.62. The first-order valence-electron chi connectivity index (χ1n) is 7.56. The molecule has 0 spiro atoms. The molecular weight excluding hydrogens is 224 g/mol. The molecule has 1 heterocycles. The van der Waals surface area contributed by atoms with E-state index >= 15 is 0 Å². The van der Waals surface area contributed by atoms with Crippen molar-refractivity contribution in [2.45, 2.75) is 65.1 Å². The molecule has 108 valence electrons. The van der Waals surface area contributed by atoms with Crippen LogP contribution in [0.25, 0.3) is 0 Å². The van der Waals surface area contributed by atoms with Crippen molar-refractivity contribution < 1.29 is 4.74 Å². The minimum Gasteiger partial charge on any atom is -0.377 e. The minimum atomic E-state index is 0.397. The van der Waals surface area contributed by atoms with E-state index in [1.54, 1.807) is 0 Å². The predicted molar refractivity (Wildman–Crippen MR) is 78.0 cm³/mol. The summed E-state index contributed by atoms with van der Waals surface area (Å²) in [5.74, 6) is 0.813. The molecule has 0 aliphatic carbocycles. The van der Waals surface area contributed by atoms with E-state index in [4.69, 9.17) is 4.74 Å². The average Bonchev–Trinajstić information content (AvgIpc) is 2.72. The predicted octanol–water partition coefficient (Wildman–Crippen LogP) is 2.51. The van der Waals surface area contributed by atoms with E-state index in [1.165, 1.54) is 19.3 Å². The number of hydrogen-bond acceptors (Lipinski definition) is 3. The van der Waals surface area contributed by atoms with Gasteiger partial charge in [-0.25, -0.2) is 0 Å². The van der Waals surface area contributed by atoms with Gasteiger partial charge >= 0.3 is 0 Å². The molecule has 1 fully saturated rings. The monoisotopic (exact) mass is 256 g/mol. The lowest BCUT2D eigenvalue weighted by molar-refractivity contribution is 0.0838. The van der Waals surface area contributed by atoms with Crippen LogP contribution in [0.1, 0.15) is 47.0 Å². The van der Waals surface area contributed by atoms with Gasteiger partial charge in [-0.05, 0) is 46.1 Å². The van der Waals surface area contributed by atoms with Crippen molar-refractivity contribution in [2.24, 2.45) is 5.92 Å². The van der Waals surface area contributed by atoms with Gasteiger partial charge in [-0.1, -0.05) is 13.8 Å². The summed E-state index contributed by atoms with van der Waals surface area (Å²) in [5, 5.41) is 3.62.